The number of nitrogens with one attached hydrogen (secondary N) is 2. The lowest BCUT2D eigenvalue weighted by Crippen LogP contribution is -2.24. The minimum Gasteiger partial charge on any atom is -0.492 e. The molecule has 5 rings (SSSR count). The fourth-order valence-electron chi connectivity index (χ4n) is 4.94. The molecule has 1 heterocycles. The molecule has 0 unspecified atom stereocenters. The second-order valence-corrected chi connectivity index (χ2v) is 9.24. The molecule has 0 saturated heterocycles. The van der Waals surface area contributed by atoms with Crippen LogP contribution in [0.2, 0.25) is 0 Å². The molecule has 1 aromatic heterocycles. The third-order valence-electron chi connectivity index (χ3n) is 6.78. The molecule has 2 amide bonds. The van der Waals surface area contributed by atoms with Crippen molar-refractivity contribution < 1.29 is 9.53 Å². The molecule has 2 N–H and O–H groups in total. The summed E-state index contributed by atoms with van der Waals surface area (Å²) in [6.07, 6.45) is 10.4. The van der Waals surface area contributed by atoms with Crippen molar-refractivity contribution in [3.05, 3.63) is 96.2 Å². The molecular weight excluding hydrogens is 448 g/mol. The van der Waals surface area contributed by atoms with Gasteiger partial charge in [0.25, 0.3) is 0 Å². The average Bonchev–Trinajstić information content (AvgIpc) is 3.28. The molecule has 1 aliphatic carbocycles. The van der Waals surface area contributed by atoms with Gasteiger partial charge in [-0.1, -0.05) is 67.8 Å². The molecule has 4 aromatic rings. The summed E-state index contributed by atoms with van der Waals surface area (Å²) in [7, 11) is 0. The lowest BCUT2D eigenvalue weighted by Gasteiger charge is -2.22. The van der Waals surface area contributed by atoms with Gasteiger partial charge in [0, 0.05) is 28.4 Å². The zero-order chi connectivity index (χ0) is 24.6. The molecule has 0 atom stereocenters. The molecule has 0 bridgehead atoms. The summed E-state index contributed by atoms with van der Waals surface area (Å²) in [6.45, 7) is 1.27. The summed E-state index contributed by atoms with van der Waals surface area (Å²) in [5.74, 6) is 1.61. The van der Waals surface area contributed by atoms with E-state index in [1.54, 1.807) is 6.21 Å². The number of para-hydroxylation sites is 2. The number of carbonyl (C=O) groups is 1. The van der Waals surface area contributed by atoms with Gasteiger partial charge >= 0.3 is 6.03 Å². The SMILES string of the molecule is O=C(N/N=C/c1cn(CCOc2ccc(C3CCCCC3)cc2)c2ccccc12)Nc1ccccc1. The number of urea groups is 1. The van der Waals surface area contributed by atoms with E-state index in [4.69, 9.17) is 4.74 Å². The summed E-state index contributed by atoms with van der Waals surface area (Å²) in [5.41, 5.74) is 6.72. The number of rotatable bonds is 8. The smallest absolute Gasteiger partial charge is 0.339 e. The van der Waals surface area contributed by atoms with Crippen LogP contribution in [0, 0.1) is 0 Å². The largest absolute Gasteiger partial charge is 0.492 e. The van der Waals surface area contributed by atoms with Crippen LogP contribution in [0.15, 0.2) is 90.2 Å². The van der Waals surface area contributed by atoms with E-state index in [1.807, 2.05) is 48.7 Å². The molecule has 1 saturated carbocycles. The highest BCUT2D eigenvalue weighted by molar-refractivity contribution is 6.00. The Morgan fingerprint density at radius 3 is 2.50 bits per heavy atom. The first-order chi connectivity index (χ1) is 17.8. The third-order valence-corrected chi connectivity index (χ3v) is 6.78. The van der Waals surface area contributed by atoms with Crippen molar-refractivity contribution in [1.29, 1.82) is 0 Å². The van der Waals surface area contributed by atoms with Gasteiger partial charge in [0.05, 0.1) is 12.8 Å². The number of ether oxygens (including phenoxy) is 1. The van der Waals surface area contributed by atoms with E-state index < -0.39 is 0 Å². The van der Waals surface area contributed by atoms with Crippen molar-refractivity contribution in [3.63, 3.8) is 0 Å². The average molecular weight is 481 g/mol. The Labute approximate surface area is 212 Å². The van der Waals surface area contributed by atoms with E-state index in [0.717, 1.165) is 22.2 Å². The van der Waals surface area contributed by atoms with Crippen LogP contribution >= 0.6 is 0 Å². The number of fused-ring (bicyclic) bond motifs is 1. The van der Waals surface area contributed by atoms with E-state index >= 15 is 0 Å². The maximum atomic E-state index is 12.1. The second kappa shape index (κ2) is 11.6. The van der Waals surface area contributed by atoms with Crippen LogP contribution in [0.5, 0.6) is 5.75 Å². The first-order valence-electron chi connectivity index (χ1n) is 12.7. The van der Waals surface area contributed by atoms with Gasteiger partial charge in [0.1, 0.15) is 12.4 Å². The summed E-state index contributed by atoms with van der Waals surface area (Å²) in [5, 5.41) is 7.97. The van der Waals surface area contributed by atoms with Crippen LogP contribution in [0.4, 0.5) is 10.5 Å². The number of hydrogen-bond acceptors (Lipinski definition) is 3. The summed E-state index contributed by atoms with van der Waals surface area (Å²) in [4.78, 5) is 12.1. The number of anilines is 1. The molecule has 1 fully saturated rings. The molecule has 0 radical (unpaired) electrons. The summed E-state index contributed by atoms with van der Waals surface area (Å²) < 4.78 is 8.22. The van der Waals surface area contributed by atoms with Crippen LogP contribution < -0.4 is 15.5 Å². The highest BCUT2D eigenvalue weighted by Gasteiger charge is 2.15. The Balaban J connectivity index is 1.18. The Morgan fingerprint density at radius 2 is 1.69 bits per heavy atom. The van der Waals surface area contributed by atoms with Gasteiger partial charge in [-0.2, -0.15) is 5.10 Å². The molecule has 36 heavy (non-hydrogen) atoms. The Morgan fingerprint density at radius 1 is 0.944 bits per heavy atom. The topological polar surface area (TPSA) is 67.7 Å². The van der Waals surface area contributed by atoms with Crippen LogP contribution in [0.25, 0.3) is 10.9 Å². The van der Waals surface area contributed by atoms with Crippen LogP contribution in [0.3, 0.4) is 0 Å². The van der Waals surface area contributed by atoms with E-state index in [0.29, 0.717) is 24.8 Å². The molecule has 1 aliphatic rings. The lowest BCUT2D eigenvalue weighted by molar-refractivity contribution is 0.252. The fraction of sp³-hybridized carbons (Fsp3) is 0.267. The van der Waals surface area contributed by atoms with E-state index in [1.165, 1.54) is 37.7 Å². The first-order valence-corrected chi connectivity index (χ1v) is 12.7. The highest BCUT2D eigenvalue weighted by atomic mass is 16.5. The van der Waals surface area contributed by atoms with E-state index in [2.05, 4.69) is 56.8 Å². The van der Waals surface area contributed by atoms with Gasteiger partial charge < -0.3 is 14.6 Å². The molecule has 0 spiro atoms. The van der Waals surface area contributed by atoms with Gasteiger partial charge in [0.15, 0.2) is 0 Å². The molecule has 6 heteroatoms. The lowest BCUT2D eigenvalue weighted by atomic mass is 9.84. The Hall–Kier alpha value is -4.06. The van der Waals surface area contributed by atoms with Crippen LogP contribution in [-0.4, -0.2) is 23.4 Å². The number of benzene rings is 3. The van der Waals surface area contributed by atoms with Crippen molar-refractivity contribution >= 4 is 28.8 Å². The maximum absolute atomic E-state index is 12.1. The van der Waals surface area contributed by atoms with Crippen molar-refractivity contribution in [2.45, 2.75) is 44.6 Å². The molecule has 3 aromatic carbocycles. The zero-order valence-corrected chi connectivity index (χ0v) is 20.4. The minimum absolute atomic E-state index is 0.385. The van der Waals surface area contributed by atoms with Gasteiger partial charge in [-0.05, 0) is 54.7 Å². The second-order valence-electron chi connectivity index (χ2n) is 9.24. The number of aromatic nitrogens is 1. The van der Waals surface area contributed by atoms with Crippen molar-refractivity contribution in [3.8, 4) is 5.75 Å². The zero-order valence-electron chi connectivity index (χ0n) is 20.4. The summed E-state index contributed by atoms with van der Waals surface area (Å²) >= 11 is 0. The van der Waals surface area contributed by atoms with E-state index in [9.17, 15) is 4.79 Å². The van der Waals surface area contributed by atoms with Gasteiger partial charge in [-0.3, -0.25) is 0 Å². The highest BCUT2D eigenvalue weighted by Crippen LogP contribution is 2.33. The number of hydrazone groups is 1. The normalized spacial score (nSPS) is 14.2. The predicted molar refractivity (Wildman–Crippen MR) is 146 cm³/mol. The molecule has 184 valence electrons. The Bertz CT molecular complexity index is 1310. The van der Waals surface area contributed by atoms with Crippen LogP contribution in [-0.2, 0) is 6.54 Å². The van der Waals surface area contributed by atoms with Gasteiger partial charge in [-0.25, -0.2) is 10.2 Å². The maximum Gasteiger partial charge on any atom is 0.339 e. The molecule has 6 nitrogen and oxygen atoms in total. The Kier molecular flexibility index (Phi) is 7.61. The molecule has 0 aliphatic heterocycles. The van der Waals surface area contributed by atoms with Crippen molar-refractivity contribution in [2.24, 2.45) is 5.10 Å². The van der Waals surface area contributed by atoms with Crippen molar-refractivity contribution in [1.82, 2.24) is 9.99 Å². The van der Waals surface area contributed by atoms with Gasteiger partial charge in [-0.15, -0.1) is 0 Å². The minimum atomic E-state index is -0.385. The molecular formula is C30H32N4O2. The number of carbonyl (C=O) groups excluding carboxylic acids is 1. The first kappa shape index (κ1) is 23.7. The fourth-order valence-corrected chi connectivity index (χ4v) is 4.94. The standard InChI is InChI=1S/C30H32N4O2/c35-30(32-26-11-5-2-6-12-26)33-31-21-25-22-34(29-14-8-7-13-28(25)29)19-20-36-27-17-15-24(16-18-27)23-9-3-1-4-10-23/h2,5-8,11-18,21-23H,1,3-4,9-10,19-20H2,(H2,32,33,35)/b31-21+. The number of nitrogens with zero attached hydrogens (tertiary/aromatic N) is 2. The quantitative estimate of drug-likeness (QED) is 0.212. The van der Waals surface area contributed by atoms with E-state index in [-0.39, 0.29) is 6.03 Å². The summed E-state index contributed by atoms with van der Waals surface area (Å²) in [6, 6.07) is 25.7. The predicted octanol–water partition coefficient (Wildman–Crippen LogP) is 6.92. The van der Waals surface area contributed by atoms with Gasteiger partial charge in [0.2, 0.25) is 0 Å². The third kappa shape index (κ3) is 5.95. The number of hydrogen-bond donors (Lipinski definition) is 2. The van der Waals surface area contributed by atoms with Crippen LogP contribution in [0.1, 0.15) is 49.1 Å². The number of amides is 2. The van der Waals surface area contributed by atoms with Crippen molar-refractivity contribution in [2.75, 3.05) is 11.9 Å². The monoisotopic (exact) mass is 480 g/mol.